The summed E-state index contributed by atoms with van der Waals surface area (Å²) in [5, 5.41) is 15.7. The lowest BCUT2D eigenvalue weighted by Gasteiger charge is -2.19. The molecule has 3 amide bonds. The number of hydrogen-bond donors (Lipinski definition) is 3. The number of carbonyl (C=O) groups is 2. The van der Waals surface area contributed by atoms with Crippen LogP contribution in [-0.4, -0.2) is 39.6 Å². The molecule has 0 saturated carbocycles. The first kappa shape index (κ1) is 21.0. The standard InChI is InChI=1S/C21H26N6O4S/c1-23-19(28)15-7-6-13-10-12-4-2-5-14(12)18(17(13)15)25-21(29)26-32(22,30)16-11-24-27-8-3-9-31-20(16)27/h10-11,15H,2-9H2,1H3,(H,23,28)(H3,22,25,26,29,30). The normalized spacial score (nSPS) is 20.4. The van der Waals surface area contributed by atoms with E-state index in [1.54, 1.807) is 11.7 Å². The molecule has 1 aromatic heterocycles. The summed E-state index contributed by atoms with van der Waals surface area (Å²) in [7, 11) is -1.95. The van der Waals surface area contributed by atoms with Gasteiger partial charge in [0.05, 0.1) is 24.4 Å². The summed E-state index contributed by atoms with van der Waals surface area (Å²) in [5.41, 5.74) is 4.74. The van der Waals surface area contributed by atoms with Crippen molar-refractivity contribution in [3.8, 4) is 5.88 Å². The van der Waals surface area contributed by atoms with Gasteiger partial charge in [0.15, 0.2) is 9.92 Å². The maximum Gasteiger partial charge on any atom is 0.354 e. The number of carbonyl (C=O) groups excluding carboxylic acids is 2. The largest absolute Gasteiger partial charge is 0.477 e. The van der Waals surface area contributed by atoms with Gasteiger partial charge in [0.1, 0.15) is 4.90 Å². The minimum atomic E-state index is -3.57. The number of amides is 3. The molecule has 0 saturated heterocycles. The van der Waals surface area contributed by atoms with Crippen molar-refractivity contribution in [3.63, 3.8) is 0 Å². The van der Waals surface area contributed by atoms with Gasteiger partial charge in [0.25, 0.3) is 0 Å². The summed E-state index contributed by atoms with van der Waals surface area (Å²) >= 11 is 0. The van der Waals surface area contributed by atoms with Gasteiger partial charge in [-0.2, -0.15) is 5.10 Å². The number of likely N-dealkylation sites (N-methyl/N-ethyl adjacent to an activating group) is 1. The number of aryl methyl sites for hydroxylation is 3. The highest BCUT2D eigenvalue weighted by molar-refractivity contribution is 7.91. The maximum absolute atomic E-state index is 13.2. The molecule has 0 bridgehead atoms. The summed E-state index contributed by atoms with van der Waals surface area (Å²) in [5.74, 6) is -0.128. The maximum atomic E-state index is 13.2. The first-order chi connectivity index (χ1) is 15.4. The van der Waals surface area contributed by atoms with Gasteiger partial charge in [-0.1, -0.05) is 6.07 Å². The molecule has 1 aromatic carbocycles. The number of fused-ring (bicyclic) bond motifs is 3. The van der Waals surface area contributed by atoms with Gasteiger partial charge in [-0.3, -0.25) is 4.79 Å². The van der Waals surface area contributed by atoms with Crippen molar-refractivity contribution in [2.75, 3.05) is 19.0 Å². The van der Waals surface area contributed by atoms with E-state index in [1.165, 1.54) is 11.8 Å². The van der Waals surface area contributed by atoms with Crippen molar-refractivity contribution in [2.45, 2.75) is 55.9 Å². The van der Waals surface area contributed by atoms with Crippen molar-refractivity contribution in [2.24, 2.45) is 9.50 Å². The van der Waals surface area contributed by atoms with Crippen molar-refractivity contribution < 1.29 is 18.5 Å². The number of hydrogen-bond acceptors (Lipinski definition) is 5. The zero-order chi connectivity index (χ0) is 22.5. The molecular weight excluding hydrogens is 432 g/mol. The van der Waals surface area contributed by atoms with Crippen molar-refractivity contribution in [3.05, 3.63) is 34.5 Å². The van der Waals surface area contributed by atoms with Crippen LogP contribution in [0.5, 0.6) is 5.88 Å². The van der Waals surface area contributed by atoms with Crippen LogP contribution in [0, 0.1) is 0 Å². The van der Waals surface area contributed by atoms with E-state index < -0.39 is 15.9 Å². The molecule has 10 nitrogen and oxygen atoms in total. The SMILES string of the molecule is CNC(=O)C1CCc2cc3c(c(NC(=O)N=S(N)(=O)c4cnn5c4OCCC5)c21)CCC3. The first-order valence-corrected chi connectivity index (χ1v) is 12.4. The fourth-order valence-corrected chi connectivity index (χ4v) is 6.00. The molecule has 0 fully saturated rings. The highest BCUT2D eigenvalue weighted by atomic mass is 32.2. The summed E-state index contributed by atoms with van der Waals surface area (Å²) in [4.78, 5) is 25.5. The lowest BCUT2D eigenvalue weighted by Crippen LogP contribution is -2.26. The number of anilines is 1. The number of urea groups is 1. The molecule has 2 aliphatic carbocycles. The Kier molecular flexibility index (Phi) is 5.17. The molecule has 2 atom stereocenters. The summed E-state index contributed by atoms with van der Waals surface area (Å²) < 4.78 is 24.1. The number of nitrogens with zero attached hydrogens (tertiary/aromatic N) is 3. The van der Waals surface area contributed by atoms with E-state index in [-0.39, 0.29) is 16.7 Å². The molecule has 4 N–H and O–H groups in total. The van der Waals surface area contributed by atoms with Crippen LogP contribution in [0.25, 0.3) is 0 Å². The summed E-state index contributed by atoms with van der Waals surface area (Å²) in [6, 6.07) is 1.36. The lowest BCUT2D eigenvalue weighted by molar-refractivity contribution is -0.122. The fourth-order valence-electron chi connectivity index (χ4n) is 5.00. The Balaban J connectivity index is 1.52. The van der Waals surface area contributed by atoms with E-state index in [0.29, 0.717) is 31.1 Å². The molecule has 2 aromatic rings. The lowest BCUT2D eigenvalue weighted by atomic mass is 9.93. The molecule has 32 heavy (non-hydrogen) atoms. The van der Waals surface area contributed by atoms with E-state index in [0.717, 1.165) is 48.8 Å². The van der Waals surface area contributed by atoms with E-state index in [2.05, 4.69) is 26.2 Å². The number of nitrogens with two attached hydrogens (primary N) is 1. The van der Waals surface area contributed by atoms with E-state index >= 15 is 0 Å². The minimum Gasteiger partial charge on any atom is -0.477 e. The number of benzene rings is 1. The predicted octanol–water partition coefficient (Wildman–Crippen LogP) is 1.86. The molecule has 2 heterocycles. The second kappa shape index (κ2) is 7.89. The average Bonchev–Trinajstić information content (AvgIpc) is 3.50. The van der Waals surface area contributed by atoms with E-state index in [4.69, 9.17) is 9.88 Å². The number of rotatable bonds is 3. The van der Waals surface area contributed by atoms with Gasteiger partial charge in [0.2, 0.25) is 11.8 Å². The fraction of sp³-hybridized carbons (Fsp3) is 0.476. The predicted molar refractivity (Wildman–Crippen MR) is 118 cm³/mol. The Labute approximate surface area is 186 Å². The summed E-state index contributed by atoms with van der Waals surface area (Å²) in [6.07, 6.45) is 6.31. The van der Waals surface area contributed by atoms with Crippen LogP contribution < -0.4 is 20.5 Å². The zero-order valence-corrected chi connectivity index (χ0v) is 18.7. The van der Waals surface area contributed by atoms with Gasteiger partial charge in [-0.25, -0.2) is 18.8 Å². The van der Waals surface area contributed by atoms with Gasteiger partial charge < -0.3 is 15.4 Å². The Hall–Kier alpha value is -2.92. The van der Waals surface area contributed by atoms with Crippen molar-refractivity contribution in [1.29, 1.82) is 0 Å². The van der Waals surface area contributed by atoms with Gasteiger partial charge in [-0.05, 0) is 54.4 Å². The van der Waals surface area contributed by atoms with Crippen LogP contribution in [0.15, 0.2) is 21.5 Å². The van der Waals surface area contributed by atoms with Crippen LogP contribution in [0.1, 0.15) is 47.4 Å². The quantitative estimate of drug-likeness (QED) is 0.644. The third kappa shape index (κ3) is 3.45. The molecule has 0 radical (unpaired) electrons. The molecule has 0 spiro atoms. The molecule has 170 valence electrons. The van der Waals surface area contributed by atoms with Gasteiger partial charge in [-0.15, -0.1) is 4.36 Å². The molecular formula is C21H26N6O4S. The van der Waals surface area contributed by atoms with Crippen LogP contribution >= 0.6 is 0 Å². The third-order valence-corrected chi connectivity index (χ3v) is 7.77. The second-order valence-electron chi connectivity index (χ2n) is 8.35. The minimum absolute atomic E-state index is 0.0829. The van der Waals surface area contributed by atoms with Crippen LogP contribution in [0.2, 0.25) is 0 Å². The van der Waals surface area contributed by atoms with Gasteiger partial charge in [0, 0.05) is 20.0 Å². The number of ether oxygens (including phenoxy) is 1. The van der Waals surface area contributed by atoms with Crippen molar-refractivity contribution in [1.82, 2.24) is 15.1 Å². The molecule has 1 aliphatic heterocycles. The number of aromatic nitrogens is 2. The van der Waals surface area contributed by atoms with Crippen LogP contribution in [-0.2, 0) is 40.5 Å². The van der Waals surface area contributed by atoms with E-state index in [9.17, 15) is 13.8 Å². The molecule has 5 rings (SSSR count). The smallest absolute Gasteiger partial charge is 0.354 e. The summed E-state index contributed by atoms with van der Waals surface area (Å²) in [6.45, 7) is 1.09. The van der Waals surface area contributed by atoms with Crippen LogP contribution in [0.3, 0.4) is 0 Å². The number of nitrogens with one attached hydrogen (secondary N) is 2. The Morgan fingerprint density at radius 2 is 2.12 bits per heavy atom. The highest BCUT2D eigenvalue weighted by Crippen LogP contribution is 2.44. The monoisotopic (exact) mass is 458 g/mol. The first-order valence-electron chi connectivity index (χ1n) is 10.8. The van der Waals surface area contributed by atoms with Crippen molar-refractivity contribution >= 4 is 27.5 Å². The van der Waals surface area contributed by atoms with E-state index in [1.807, 2.05) is 0 Å². The topological polar surface area (TPSA) is 141 Å². The molecule has 11 heteroatoms. The van der Waals surface area contributed by atoms with Gasteiger partial charge >= 0.3 is 6.03 Å². The highest BCUT2D eigenvalue weighted by Gasteiger charge is 2.34. The molecule has 3 aliphatic rings. The van der Waals surface area contributed by atoms with Crippen LogP contribution in [0.4, 0.5) is 10.5 Å². The Morgan fingerprint density at radius 1 is 1.28 bits per heavy atom. The average molecular weight is 459 g/mol. The Morgan fingerprint density at radius 3 is 2.94 bits per heavy atom. The Bertz CT molecular complexity index is 1240. The third-order valence-electron chi connectivity index (χ3n) is 6.42. The molecule has 2 unspecified atom stereocenters. The second-order valence-corrected chi connectivity index (χ2v) is 10.1. The zero-order valence-electron chi connectivity index (χ0n) is 17.8.